The first-order valence-corrected chi connectivity index (χ1v) is 28.2. The third-order valence-corrected chi connectivity index (χ3v) is 15.3. The zero-order valence-electron chi connectivity index (χ0n) is 45.7. The number of H-pyrrole nitrogens is 1. The lowest BCUT2D eigenvalue weighted by atomic mass is 9.87. The van der Waals surface area contributed by atoms with Crippen molar-refractivity contribution >= 4 is 52.1 Å². The molecular formula is C58H78ClN11O9. The van der Waals surface area contributed by atoms with E-state index in [9.17, 15) is 19.2 Å². The Bertz CT molecular complexity index is 2750. The van der Waals surface area contributed by atoms with Crippen molar-refractivity contribution in [3.8, 4) is 11.5 Å². The summed E-state index contributed by atoms with van der Waals surface area (Å²) in [6, 6.07) is 22.6. The van der Waals surface area contributed by atoms with Crippen molar-refractivity contribution < 1.29 is 42.9 Å². The number of hydrogen-bond donors (Lipinski definition) is 5. The number of aromatic nitrogens is 3. The number of likely N-dealkylation sites (tertiary alicyclic amines) is 1. The zero-order chi connectivity index (χ0) is 55.4. The molecule has 1 unspecified atom stereocenters. The second kappa shape index (κ2) is 29.7. The molecule has 79 heavy (non-hydrogen) atoms. The highest BCUT2D eigenvalue weighted by Crippen LogP contribution is 2.31. The topological polar surface area (TPSA) is 231 Å². The summed E-state index contributed by atoms with van der Waals surface area (Å²) in [6.45, 7) is 11.6. The van der Waals surface area contributed by atoms with E-state index in [0.29, 0.717) is 135 Å². The number of halogens is 1. The fraction of sp³-hybridized carbons (Fsp3) is 0.517. The summed E-state index contributed by atoms with van der Waals surface area (Å²) < 4.78 is 28.2. The first-order chi connectivity index (χ1) is 38.5. The van der Waals surface area contributed by atoms with Crippen molar-refractivity contribution in [3.63, 3.8) is 0 Å². The van der Waals surface area contributed by atoms with Crippen molar-refractivity contribution in [2.24, 2.45) is 5.73 Å². The van der Waals surface area contributed by atoms with Crippen LogP contribution in [-0.4, -0.2) is 184 Å². The average Bonchev–Trinajstić information content (AvgIpc) is 4.05. The molecule has 0 saturated carbocycles. The fourth-order valence-electron chi connectivity index (χ4n) is 10.4. The fourth-order valence-corrected chi connectivity index (χ4v) is 10.6. The van der Waals surface area contributed by atoms with Crippen LogP contribution in [0.2, 0.25) is 5.02 Å². The molecule has 5 aromatic rings. The van der Waals surface area contributed by atoms with E-state index in [4.69, 9.17) is 41.0 Å². The Balaban J connectivity index is 0.646. The van der Waals surface area contributed by atoms with Crippen molar-refractivity contribution in [1.29, 1.82) is 0 Å². The molecule has 3 fully saturated rings. The number of methoxy groups -OCH3 is 1. The third kappa shape index (κ3) is 16.8. The van der Waals surface area contributed by atoms with Gasteiger partial charge in [0.25, 0.3) is 5.91 Å². The quantitative estimate of drug-likeness (QED) is 0.0412. The first-order valence-electron chi connectivity index (χ1n) is 27.8. The molecule has 426 valence electrons. The molecule has 21 heteroatoms. The van der Waals surface area contributed by atoms with Gasteiger partial charge in [0.1, 0.15) is 29.3 Å². The smallest absolute Gasteiger partial charge is 0.251 e. The van der Waals surface area contributed by atoms with E-state index < -0.39 is 5.54 Å². The van der Waals surface area contributed by atoms with Crippen LogP contribution in [0.3, 0.4) is 0 Å². The van der Waals surface area contributed by atoms with Crippen LogP contribution in [-0.2, 0) is 35.1 Å². The molecule has 6 N–H and O–H groups in total. The van der Waals surface area contributed by atoms with Crippen LogP contribution in [0.15, 0.2) is 85.3 Å². The summed E-state index contributed by atoms with van der Waals surface area (Å²) in [4.78, 5) is 73.6. The van der Waals surface area contributed by atoms with Gasteiger partial charge in [-0.25, -0.2) is 9.97 Å². The first kappa shape index (κ1) is 58.8. The number of carbonyl (C=O) groups excluding carboxylic acids is 4. The van der Waals surface area contributed by atoms with E-state index in [1.165, 1.54) is 0 Å². The molecule has 4 amide bonds. The number of piperazine rings is 1. The summed E-state index contributed by atoms with van der Waals surface area (Å²) in [5.74, 6) is 2.20. The van der Waals surface area contributed by atoms with Crippen molar-refractivity contribution in [2.75, 3.05) is 130 Å². The van der Waals surface area contributed by atoms with Gasteiger partial charge >= 0.3 is 0 Å². The highest BCUT2D eigenvalue weighted by molar-refractivity contribution is 6.30. The number of amides is 4. The Labute approximate surface area is 468 Å². The number of anilines is 1. The Morgan fingerprint density at radius 1 is 0.848 bits per heavy atom. The molecule has 3 aliphatic rings. The minimum Gasteiger partial charge on any atom is -0.497 e. The van der Waals surface area contributed by atoms with Crippen LogP contribution in [0.1, 0.15) is 84.5 Å². The van der Waals surface area contributed by atoms with E-state index in [0.717, 1.165) is 77.5 Å². The van der Waals surface area contributed by atoms with E-state index in [1.807, 2.05) is 89.7 Å². The maximum atomic E-state index is 13.9. The van der Waals surface area contributed by atoms with Gasteiger partial charge in [0.2, 0.25) is 17.7 Å². The summed E-state index contributed by atoms with van der Waals surface area (Å²) in [7, 11) is 1.62. The number of fused-ring (bicyclic) bond motifs is 1. The number of carbonyl (C=O) groups is 4. The lowest BCUT2D eigenvalue weighted by Gasteiger charge is -2.39. The van der Waals surface area contributed by atoms with Gasteiger partial charge in [-0.3, -0.25) is 24.1 Å². The number of aromatic amines is 1. The Kier molecular flexibility index (Phi) is 22.1. The molecule has 0 spiro atoms. The monoisotopic (exact) mass is 1110 g/mol. The molecule has 3 saturated heterocycles. The predicted molar refractivity (Wildman–Crippen MR) is 303 cm³/mol. The van der Waals surface area contributed by atoms with Crippen LogP contribution in [0, 0.1) is 0 Å². The van der Waals surface area contributed by atoms with E-state index >= 15 is 0 Å². The predicted octanol–water partition coefficient (Wildman–Crippen LogP) is 5.07. The molecule has 0 aliphatic carbocycles. The van der Waals surface area contributed by atoms with Gasteiger partial charge in [-0.05, 0) is 86.6 Å². The van der Waals surface area contributed by atoms with Gasteiger partial charge in [-0.1, -0.05) is 41.9 Å². The average molecular weight is 1110 g/mol. The second-order valence-electron chi connectivity index (χ2n) is 20.3. The molecule has 5 heterocycles. The SMILES string of the molecule is CCOc1cc(OC)ccc1CNCC(=O)N1CCCC(c2cccc(C(=O)NCCOCCOCCOCCC(=O)N3CCN(CC[C@H](NC(=O)C4(N)CCN(c5ncnc6[nH]ccc56)CC4)c4ccc(Cl)cc4)CC3)c2)C1. The van der Waals surface area contributed by atoms with E-state index in [1.54, 1.807) is 19.5 Å². The molecule has 2 aromatic heterocycles. The van der Waals surface area contributed by atoms with Crippen LogP contribution in [0.25, 0.3) is 11.0 Å². The zero-order valence-corrected chi connectivity index (χ0v) is 46.5. The number of piperidine rings is 2. The minimum absolute atomic E-state index is 0.0454. The highest BCUT2D eigenvalue weighted by Gasteiger charge is 2.39. The second-order valence-corrected chi connectivity index (χ2v) is 20.8. The minimum atomic E-state index is -1.02. The van der Waals surface area contributed by atoms with Gasteiger partial charge < -0.3 is 65.1 Å². The largest absolute Gasteiger partial charge is 0.497 e. The maximum Gasteiger partial charge on any atom is 0.251 e. The third-order valence-electron chi connectivity index (χ3n) is 15.1. The lowest BCUT2D eigenvalue weighted by molar-refractivity contribution is -0.134. The van der Waals surface area contributed by atoms with Crippen LogP contribution in [0.4, 0.5) is 5.82 Å². The number of nitrogens with zero attached hydrogens (tertiary/aromatic N) is 6. The van der Waals surface area contributed by atoms with Crippen LogP contribution < -0.4 is 36.1 Å². The summed E-state index contributed by atoms with van der Waals surface area (Å²) in [5.41, 5.74) is 10.1. The molecule has 3 aliphatic heterocycles. The molecule has 20 nitrogen and oxygen atoms in total. The highest BCUT2D eigenvalue weighted by atomic mass is 35.5. The van der Waals surface area contributed by atoms with Crippen molar-refractivity contribution in [1.82, 2.24) is 45.6 Å². The Morgan fingerprint density at radius 2 is 1.61 bits per heavy atom. The number of nitrogens with one attached hydrogen (secondary N) is 4. The molecule has 0 radical (unpaired) electrons. The Morgan fingerprint density at radius 3 is 2.37 bits per heavy atom. The summed E-state index contributed by atoms with van der Waals surface area (Å²) in [5, 5.41) is 11.1. The van der Waals surface area contributed by atoms with Gasteiger partial charge in [0.05, 0.1) is 83.3 Å². The number of ether oxygens (including phenoxy) is 5. The number of hydrogen-bond acceptors (Lipinski definition) is 15. The van der Waals surface area contributed by atoms with E-state index in [2.05, 4.69) is 40.7 Å². The lowest BCUT2D eigenvalue weighted by Crippen LogP contribution is -2.60. The van der Waals surface area contributed by atoms with Crippen molar-refractivity contribution in [2.45, 2.75) is 69.5 Å². The van der Waals surface area contributed by atoms with Gasteiger partial charge in [0.15, 0.2) is 0 Å². The number of rotatable bonds is 28. The van der Waals surface area contributed by atoms with Crippen LogP contribution in [0.5, 0.6) is 11.5 Å². The molecule has 3 aromatic carbocycles. The molecule has 2 atom stereocenters. The maximum absolute atomic E-state index is 13.9. The standard InChI is InChI=1S/C58H78ClN11O9/c1-3-79-51-37-48(75-2)14-11-45(51)38-61-39-53(72)70-22-5-8-46(40-70)43-6-4-7-44(36-43)56(73)63-21-31-77-33-35-78-34-32-76-30-17-52(71)68-28-26-67(27-29-68)23-16-50(42-9-12-47(59)13-10-42)66-57(74)58(60)18-24-69(25-19-58)55-49-15-20-62-54(49)64-41-65-55/h4,6-7,9-15,20,36-37,41,46,50,61H,3,5,8,16-19,21-35,38-40,60H2,1-2H3,(H,63,73)(H,66,74)(H,62,64,65)/t46?,50-/m0/s1. The molecule has 8 rings (SSSR count). The normalized spacial score (nSPS) is 17.1. The van der Waals surface area contributed by atoms with Crippen molar-refractivity contribution in [3.05, 3.63) is 113 Å². The molecular weight excluding hydrogens is 1030 g/mol. The van der Waals surface area contributed by atoms with Gasteiger partial charge in [-0.2, -0.15) is 0 Å². The summed E-state index contributed by atoms with van der Waals surface area (Å²) in [6.07, 6.45) is 7.16. The Hall–Kier alpha value is -6.39. The molecule has 0 bridgehead atoms. The van der Waals surface area contributed by atoms with Crippen LogP contribution >= 0.6 is 11.6 Å². The van der Waals surface area contributed by atoms with Gasteiger partial charge in [0, 0.05) is 106 Å². The van der Waals surface area contributed by atoms with Gasteiger partial charge in [-0.15, -0.1) is 0 Å². The summed E-state index contributed by atoms with van der Waals surface area (Å²) >= 11 is 6.25. The number of benzene rings is 3. The van der Waals surface area contributed by atoms with E-state index in [-0.39, 0.29) is 42.1 Å². The number of nitrogens with two attached hydrogens (primary N) is 1.